The Labute approximate surface area is 101 Å². The van der Waals surface area contributed by atoms with Crippen molar-refractivity contribution in [1.29, 1.82) is 0 Å². The first-order valence-corrected chi connectivity index (χ1v) is 5.73. The largest absolute Gasteiger partial charge is 0.480 e. The highest BCUT2D eigenvalue weighted by Crippen LogP contribution is 2.16. The number of rotatable bonds is 4. The van der Waals surface area contributed by atoms with Crippen molar-refractivity contribution in [3.63, 3.8) is 0 Å². The fraction of sp³-hybridized carbons (Fsp3) is 0.818. The van der Waals surface area contributed by atoms with Crippen molar-refractivity contribution in [3.05, 3.63) is 0 Å². The van der Waals surface area contributed by atoms with Crippen LogP contribution in [0, 0.1) is 5.92 Å². The lowest BCUT2D eigenvalue weighted by Crippen LogP contribution is -2.55. The smallest absolute Gasteiger partial charge is 0.328 e. The van der Waals surface area contributed by atoms with Crippen molar-refractivity contribution < 1.29 is 19.4 Å². The Bertz CT molecular complexity index is 298. The standard InChI is InChI=1S/C11H20N2O4/c1-7(8-4-5-17-6-8)12-10(16)13-11(2,3)9(14)15/h7-8H,4-6H2,1-3H3,(H,14,15)(H2,12,13,16). The molecule has 3 N–H and O–H groups in total. The fourth-order valence-corrected chi connectivity index (χ4v) is 1.65. The normalized spacial score (nSPS) is 21.9. The van der Waals surface area contributed by atoms with E-state index in [1.807, 2.05) is 6.92 Å². The van der Waals surface area contributed by atoms with Gasteiger partial charge in [-0.15, -0.1) is 0 Å². The van der Waals surface area contributed by atoms with E-state index in [9.17, 15) is 9.59 Å². The van der Waals surface area contributed by atoms with E-state index in [2.05, 4.69) is 10.6 Å². The van der Waals surface area contributed by atoms with Gasteiger partial charge < -0.3 is 20.5 Å². The van der Waals surface area contributed by atoms with Gasteiger partial charge in [-0.2, -0.15) is 0 Å². The highest BCUT2D eigenvalue weighted by Gasteiger charge is 2.30. The highest BCUT2D eigenvalue weighted by molar-refractivity contribution is 5.85. The van der Waals surface area contributed by atoms with E-state index >= 15 is 0 Å². The summed E-state index contributed by atoms with van der Waals surface area (Å²) in [6.45, 7) is 6.14. The Balaban J connectivity index is 2.41. The summed E-state index contributed by atoms with van der Waals surface area (Å²) in [5.41, 5.74) is -1.27. The van der Waals surface area contributed by atoms with Gasteiger partial charge in [-0.1, -0.05) is 0 Å². The molecule has 6 heteroatoms. The zero-order valence-electron chi connectivity index (χ0n) is 10.4. The van der Waals surface area contributed by atoms with E-state index in [0.29, 0.717) is 12.5 Å². The predicted octanol–water partition coefficient (Wildman–Crippen LogP) is 0.574. The average molecular weight is 244 g/mol. The van der Waals surface area contributed by atoms with Crippen LogP contribution in [0.4, 0.5) is 4.79 Å². The zero-order valence-corrected chi connectivity index (χ0v) is 10.4. The minimum absolute atomic E-state index is 0.0258. The molecule has 0 aliphatic carbocycles. The average Bonchev–Trinajstić information content (AvgIpc) is 2.68. The Kier molecular flexibility index (Phi) is 4.34. The Morgan fingerprint density at radius 2 is 2.12 bits per heavy atom. The fourth-order valence-electron chi connectivity index (χ4n) is 1.65. The van der Waals surface area contributed by atoms with Crippen molar-refractivity contribution in [3.8, 4) is 0 Å². The molecule has 1 fully saturated rings. The molecule has 0 aromatic carbocycles. The number of ether oxygens (including phenoxy) is 1. The third-order valence-corrected chi connectivity index (χ3v) is 2.99. The van der Waals surface area contributed by atoms with E-state index in [-0.39, 0.29) is 6.04 Å². The quantitative estimate of drug-likeness (QED) is 0.674. The number of nitrogens with one attached hydrogen (secondary N) is 2. The molecule has 1 aliphatic rings. The Morgan fingerprint density at radius 3 is 2.59 bits per heavy atom. The number of carboxylic acids is 1. The van der Waals surface area contributed by atoms with Gasteiger partial charge in [-0.05, 0) is 27.2 Å². The van der Waals surface area contributed by atoms with Gasteiger partial charge >= 0.3 is 12.0 Å². The second-order valence-electron chi connectivity index (χ2n) is 4.94. The number of hydrogen-bond acceptors (Lipinski definition) is 3. The highest BCUT2D eigenvalue weighted by atomic mass is 16.5. The first-order chi connectivity index (χ1) is 7.83. The van der Waals surface area contributed by atoms with Crippen LogP contribution in [-0.4, -0.2) is 41.9 Å². The molecule has 0 aromatic heterocycles. The number of carboxylic acid groups (broad SMARTS) is 1. The second kappa shape index (κ2) is 5.35. The summed E-state index contributed by atoms with van der Waals surface area (Å²) in [4.78, 5) is 22.4. The molecular weight excluding hydrogens is 224 g/mol. The van der Waals surface area contributed by atoms with Gasteiger partial charge in [0.05, 0.1) is 6.61 Å². The van der Waals surface area contributed by atoms with Crippen molar-refractivity contribution in [2.24, 2.45) is 5.92 Å². The molecule has 0 spiro atoms. The molecule has 2 amide bonds. The molecule has 0 saturated carbocycles. The molecule has 1 heterocycles. The molecule has 1 aliphatic heterocycles. The predicted molar refractivity (Wildman–Crippen MR) is 61.8 cm³/mol. The van der Waals surface area contributed by atoms with Crippen molar-refractivity contribution in [1.82, 2.24) is 10.6 Å². The maximum Gasteiger partial charge on any atom is 0.328 e. The number of hydrogen-bond donors (Lipinski definition) is 3. The van der Waals surface area contributed by atoms with Crippen molar-refractivity contribution in [2.45, 2.75) is 38.8 Å². The molecule has 17 heavy (non-hydrogen) atoms. The summed E-state index contributed by atoms with van der Waals surface area (Å²) in [5.74, 6) is -0.766. The molecular formula is C11H20N2O4. The lowest BCUT2D eigenvalue weighted by atomic mass is 10.0. The van der Waals surface area contributed by atoms with E-state index in [1.54, 1.807) is 0 Å². The van der Waals surface area contributed by atoms with Gasteiger partial charge in [-0.3, -0.25) is 0 Å². The van der Waals surface area contributed by atoms with Gasteiger partial charge in [0, 0.05) is 18.6 Å². The summed E-state index contributed by atoms with van der Waals surface area (Å²) in [6, 6.07) is -0.487. The summed E-state index contributed by atoms with van der Waals surface area (Å²) in [6.07, 6.45) is 0.920. The van der Waals surface area contributed by atoms with Gasteiger partial charge in [0.1, 0.15) is 5.54 Å². The van der Waals surface area contributed by atoms with E-state index in [4.69, 9.17) is 9.84 Å². The first kappa shape index (κ1) is 13.8. The summed E-state index contributed by atoms with van der Waals surface area (Å²) in [7, 11) is 0. The zero-order chi connectivity index (χ0) is 13.1. The third kappa shape index (κ3) is 3.89. The molecule has 98 valence electrons. The van der Waals surface area contributed by atoms with Gasteiger partial charge in [0.25, 0.3) is 0 Å². The summed E-state index contributed by atoms with van der Waals surface area (Å²) in [5, 5.41) is 14.0. The maximum atomic E-state index is 11.6. The third-order valence-electron chi connectivity index (χ3n) is 2.99. The van der Waals surface area contributed by atoms with Crippen LogP contribution in [0.1, 0.15) is 27.2 Å². The van der Waals surface area contributed by atoms with Crippen LogP contribution in [0.25, 0.3) is 0 Å². The van der Waals surface area contributed by atoms with Crippen LogP contribution in [0.5, 0.6) is 0 Å². The first-order valence-electron chi connectivity index (χ1n) is 5.73. The van der Waals surface area contributed by atoms with Crippen LogP contribution in [0.2, 0.25) is 0 Å². The molecule has 0 radical (unpaired) electrons. The molecule has 6 nitrogen and oxygen atoms in total. The number of carbonyl (C=O) groups is 2. The van der Waals surface area contributed by atoms with Gasteiger partial charge in [-0.25, -0.2) is 9.59 Å². The van der Waals surface area contributed by atoms with E-state index in [0.717, 1.165) is 13.0 Å². The number of carbonyl (C=O) groups excluding carboxylic acids is 1. The lowest BCUT2D eigenvalue weighted by molar-refractivity contribution is -0.142. The molecule has 0 aromatic rings. The minimum atomic E-state index is -1.27. The van der Waals surface area contributed by atoms with Crippen LogP contribution in [0.3, 0.4) is 0 Å². The Morgan fingerprint density at radius 1 is 1.47 bits per heavy atom. The lowest BCUT2D eigenvalue weighted by Gasteiger charge is -2.24. The number of amides is 2. The monoisotopic (exact) mass is 244 g/mol. The van der Waals surface area contributed by atoms with Crippen LogP contribution >= 0.6 is 0 Å². The van der Waals surface area contributed by atoms with Gasteiger partial charge in [0.15, 0.2) is 0 Å². The number of aliphatic carboxylic acids is 1. The summed E-state index contributed by atoms with van der Waals surface area (Å²) >= 11 is 0. The van der Waals surface area contributed by atoms with Crippen LogP contribution in [-0.2, 0) is 9.53 Å². The maximum absolute atomic E-state index is 11.6. The van der Waals surface area contributed by atoms with Crippen LogP contribution < -0.4 is 10.6 Å². The van der Waals surface area contributed by atoms with Crippen molar-refractivity contribution in [2.75, 3.05) is 13.2 Å². The molecule has 0 bridgehead atoms. The minimum Gasteiger partial charge on any atom is -0.480 e. The van der Waals surface area contributed by atoms with E-state index < -0.39 is 17.5 Å². The van der Waals surface area contributed by atoms with Crippen molar-refractivity contribution >= 4 is 12.0 Å². The molecule has 2 unspecified atom stereocenters. The van der Waals surface area contributed by atoms with E-state index in [1.165, 1.54) is 13.8 Å². The van der Waals surface area contributed by atoms with Gasteiger partial charge in [0.2, 0.25) is 0 Å². The number of urea groups is 1. The molecule has 2 atom stereocenters. The van der Waals surface area contributed by atoms with Crippen LogP contribution in [0.15, 0.2) is 0 Å². The SMILES string of the molecule is CC(NC(=O)NC(C)(C)C(=O)O)C1CCOC1. The second-order valence-corrected chi connectivity index (χ2v) is 4.94. The molecule has 1 rings (SSSR count). The topological polar surface area (TPSA) is 87.7 Å². The summed E-state index contributed by atoms with van der Waals surface area (Å²) < 4.78 is 5.23. The Hall–Kier alpha value is -1.30. The molecule has 1 saturated heterocycles.